The fourth-order valence-electron chi connectivity index (χ4n) is 4.46. The van der Waals surface area contributed by atoms with E-state index in [1.54, 1.807) is 4.57 Å². The molecule has 0 spiro atoms. The number of ether oxygens (including phenoxy) is 2. The summed E-state index contributed by atoms with van der Waals surface area (Å²) >= 11 is 7.45. The molecule has 46 heavy (non-hydrogen) atoms. The van der Waals surface area contributed by atoms with Gasteiger partial charge in [0.25, 0.3) is 0 Å². The Balaban J connectivity index is 0.000000751. The number of nitrogens with zero attached hydrogens (tertiary/aromatic N) is 8. The van der Waals surface area contributed by atoms with Gasteiger partial charge < -0.3 is 22.1 Å². The Labute approximate surface area is 324 Å². The number of halogens is 1. The summed E-state index contributed by atoms with van der Waals surface area (Å²) in [6.07, 6.45) is -1.05. The molecule has 8 N–H and O–H groups in total. The fraction of sp³-hybridized carbons (Fsp3) is 0.583. The summed E-state index contributed by atoms with van der Waals surface area (Å²) in [4.78, 5) is 24.1. The van der Waals surface area contributed by atoms with Crippen molar-refractivity contribution in [2.45, 2.75) is 79.9 Å². The van der Waals surface area contributed by atoms with Crippen molar-refractivity contribution in [3.63, 3.8) is 0 Å². The number of rotatable bonds is 5. The van der Waals surface area contributed by atoms with Gasteiger partial charge in [0.05, 0.1) is 12.2 Å². The Morgan fingerprint density at radius 1 is 0.804 bits per heavy atom. The van der Waals surface area contributed by atoms with Crippen molar-refractivity contribution < 1.29 is 60.9 Å². The van der Waals surface area contributed by atoms with Crippen molar-refractivity contribution >= 4 is 105 Å². The van der Waals surface area contributed by atoms with Crippen LogP contribution in [0.25, 0.3) is 22.3 Å². The molecule has 16 nitrogen and oxygen atoms in total. The number of imidazole rings is 2. The maximum absolute atomic E-state index is 10.2. The fourth-order valence-corrected chi connectivity index (χ4v) is 5.98. The van der Waals surface area contributed by atoms with Crippen LogP contribution in [0, 0.1) is 0 Å². The molecule has 6 rings (SSSR count). The molecule has 2 aliphatic heterocycles. The number of nitrogens with two attached hydrogens (primary N) is 2. The van der Waals surface area contributed by atoms with Crippen LogP contribution in [0.3, 0.4) is 0 Å². The largest absolute Gasteiger partial charge is 1.00 e. The van der Waals surface area contributed by atoms with Crippen molar-refractivity contribution in [2.24, 2.45) is 0 Å². The molecule has 8 unspecified atom stereocenters. The second-order valence-electron chi connectivity index (χ2n) is 9.28. The van der Waals surface area contributed by atoms with Gasteiger partial charge in [-0.25, -0.2) is 15.0 Å². The third-order valence-corrected chi connectivity index (χ3v) is 8.17. The zero-order valence-electron chi connectivity index (χ0n) is 27.5. The van der Waals surface area contributed by atoms with Gasteiger partial charge in [-0.1, -0.05) is 13.8 Å². The molecule has 2 fully saturated rings. The normalized spacial score (nSPS) is 26.5. The molecule has 0 bridgehead atoms. The molecule has 243 valence electrons. The molecule has 2 saturated heterocycles. The quantitative estimate of drug-likeness (QED) is 0.0834. The van der Waals surface area contributed by atoms with Gasteiger partial charge in [0.15, 0.2) is 17.7 Å². The zero-order chi connectivity index (χ0) is 32.6. The van der Waals surface area contributed by atoms with Crippen LogP contribution in [-0.4, -0.2) is 161 Å². The molecule has 0 aliphatic carbocycles. The first kappa shape index (κ1) is 43.9. The van der Waals surface area contributed by atoms with Gasteiger partial charge in [0.2, 0.25) is 0 Å². The number of alkyl halides is 1. The number of hydrogen-bond acceptors (Lipinski definition) is 14. The molecule has 6 heterocycles. The number of anilines is 2. The molecule has 0 aromatic carbocycles. The zero-order valence-corrected chi connectivity index (χ0v) is 34.6. The standard InChI is InChI=1S/C11H15N5O3Se.C10H12ClN5O3.C2H6.CH4Se.B.2Na.H/c1-20-2-5-7(17)8(18)11(19-5)16-4-15-6-9(12)13-3-14-10(6)16;11-1-4-6(17)7(18)10(19-4)16-3-15-5-8(12)13-2-14-9(5)16;2*1-2;;;;/h3-5,7-8,11,17-18H,2H2,1H3,(H2,12,13,14);2-4,6-7,10,17-18H,1H2,(H2,12,13,14);1-2H3;2H,1H3;;;;/q;;;;;2*+1;-1/p-1. The minimum Gasteiger partial charge on any atom is -1.00 e. The molecule has 4 aromatic heterocycles. The number of hydrogen-bond donors (Lipinski definition) is 6. The smallest absolute Gasteiger partial charge is 1.00 e. The number of aromatic nitrogens is 8. The first-order valence-corrected chi connectivity index (χ1v) is 24.6. The summed E-state index contributed by atoms with van der Waals surface area (Å²) in [5.74, 6) is 4.90. The van der Waals surface area contributed by atoms with Crippen LogP contribution in [0.2, 0.25) is 17.0 Å². The van der Waals surface area contributed by atoms with Crippen molar-refractivity contribution in [2.75, 3.05) is 17.3 Å². The summed E-state index contributed by atoms with van der Waals surface area (Å²) in [6.45, 7) is 4.00. The van der Waals surface area contributed by atoms with Crippen molar-refractivity contribution in [1.82, 2.24) is 39.0 Å². The van der Waals surface area contributed by atoms with E-state index in [-0.39, 0.29) is 63.0 Å². The van der Waals surface area contributed by atoms with E-state index < -0.39 is 43.0 Å². The molecule has 3 radical (unpaired) electrons. The second kappa shape index (κ2) is 21.2. The van der Waals surface area contributed by atoms with E-state index in [1.807, 2.05) is 13.8 Å². The molecule has 0 amide bonds. The van der Waals surface area contributed by atoms with E-state index in [0.29, 0.717) is 37.3 Å². The maximum atomic E-state index is 10.2. The van der Waals surface area contributed by atoms with Gasteiger partial charge in [-0.3, -0.25) is 4.57 Å². The first-order valence-electron chi connectivity index (χ1n) is 13.5. The molecule has 22 heteroatoms. The van der Waals surface area contributed by atoms with Crippen molar-refractivity contribution in [3.05, 3.63) is 25.3 Å². The first-order chi connectivity index (χ1) is 21.2. The SMILES string of the molecule is CC.C[Se]CC1OC(n2cnc3c(N)ncnc32)C(O)C1O.C[Se][Na].Nc1ncnc2c1ncn2C1OC(CCl)C(O)C1O.[B].[H-].[Na+]. The monoisotopic (exact) mass is 813 g/mol. The van der Waals surface area contributed by atoms with Crippen LogP contribution in [-0.2, 0) is 9.47 Å². The van der Waals surface area contributed by atoms with Crippen LogP contribution < -0.4 is 41.0 Å². The van der Waals surface area contributed by atoms with E-state index in [0.717, 1.165) is 15.8 Å². The van der Waals surface area contributed by atoms with Gasteiger partial charge in [0.1, 0.15) is 30.2 Å². The molecule has 4 aromatic rings. The summed E-state index contributed by atoms with van der Waals surface area (Å²) in [6, 6.07) is 0. The molecular weight excluding hydrogens is 774 g/mol. The molecule has 8 atom stereocenters. The average molecular weight is 812 g/mol. The molecule has 2 aliphatic rings. The Hall–Kier alpha value is -0.146. The maximum Gasteiger partial charge on any atom is 1.00 e. The third kappa shape index (κ3) is 9.76. The minimum atomic E-state index is -1.11. The van der Waals surface area contributed by atoms with Crippen LogP contribution in [0.4, 0.5) is 11.6 Å². The van der Waals surface area contributed by atoms with E-state index in [2.05, 4.69) is 41.5 Å². The summed E-state index contributed by atoms with van der Waals surface area (Å²) in [5.41, 5.74) is 13.2. The van der Waals surface area contributed by atoms with Crippen LogP contribution in [0.15, 0.2) is 25.3 Å². The third-order valence-electron chi connectivity index (χ3n) is 6.48. The summed E-state index contributed by atoms with van der Waals surface area (Å²) in [5, 5.41) is 40.7. The Bertz CT molecular complexity index is 1490. The van der Waals surface area contributed by atoms with E-state index in [9.17, 15) is 20.4 Å². The Kier molecular flexibility index (Phi) is 20.2. The predicted octanol–water partition coefficient (Wildman–Crippen LogP) is -3.95. The van der Waals surface area contributed by atoms with Crippen molar-refractivity contribution in [3.8, 4) is 0 Å². The minimum absolute atomic E-state index is 0. The number of nitrogen functional groups attached to an aromatic ring is 2. The molecule has 0 saturated carbocycles. The number of fused-ring (bicyclic) bond motifs is 2. The molecular formula is C24H37BClN10Na2O6Se2. The van der Waals surface area contributed by atoms with Gasteiger partial charge in [-0.05, 0) is 0 Å². The van der Waals surface area contributed by atoms with Gasteiger partial charge in [-0.2, -0.15) is 0 Å². The van der Waals surface area contributed by atoms with Crippen LogP contribution in [0.5, 0.6) is 0 Å². The summed E-state index contributed by atoms with van der Waals surface area (Å²) < 4.78 is 14.4. The van der Waals surface area contributed by atoms with Gasteiger partial charge in [-0.15, -0.1) is 11.6 Å². The topological polar surface area (TPSA) is 239 Å². The Morgan fingerprint density at radius 3 is 1.57 bits per heavy atom. The summed E-state index contributed by atoms with van der Waals surface area (Å²) in [7, 11) is 1.01. The number of aliphatic hydroxyl groups excluding tert-OH is 4. The van der Waals surface area contributed by atoms with Crippen LogP contribution >= 0.6 is 11.6 Å². The van der Waals surface area contributed by atoms with Gasteiger partial charge in [0, 0.05) is 8.41 Å². The van der Waals surface area contributed by atoms with Crippen molar-refractivity contribution in [1.29, 1.82) is 0 Å². The van der Waals surface area contributed by atoms with E-state index in [4.69, 9.17) is 32.5 Å². The average Bonchev–Trinajstić information content (AvgIpc) is 3.78. The Morgan fingerprint density at radius 2 is 1.20 bits per heavy atom. The van der Waals surface area contributed by atoms with E-state index in [1.165, 1.54) is 55.3 Å². The van der Waals surface area contributed by atoms with E-state index >= 15 is 0 Å². The number of aliphatic hydroxyl groups is 4. The second-order valence-corrected chi connectivity index (χ2v) is 17.5. The van der Waals surface area contributed by atoms with Crippen LogP contribution in [0.1, 0.15) is 27.7 Å². The van der Waals surface area contributed by atoms with Gasteiger partial charge >= 0.3 is 192 Å². The predicted molar refractivity (Wildman–Crippen MR) is 174 cm³/mol.